The van der Waals surface area contributed by atoms with Crippen LogP contribution < -0.4 is 0 Å². The van der Waals surface area contributed by atoms with Crippen LogP contribution in [0.1, 0.15) is 20.3 Å². The van der Waals surface area contributed by atoms with E-state index in [0.29, 0.717) is 6.42 Å². The highest BCUT2D eigenvalue weighted by Crippen LogP contribution is 2.40. The Kier molecular flexibility index (Phi) is 5.20. The first-order valence-corrected chi connectivity index (χ1v) is 4.28. The van der Waals surface area contributed by atoms with E-state index in [1.54, 1.807) is 6.92 Å². The van der Waals surface area contributed by atoms with Crippen molar-refractivity contribution in [3.8, 4) is 0 Å². The summed E-state index contributed by atoms with van der Waals surface area (Å²) in [4.78, 5) is 0. The van der Waals surface area contributed by atoms with Crippen molar-refractivity contribution in [1.82, 2.24) is 0 Å². The maximum Gasteiger partial charge on any atom is 0.457 e. The Labute approximate surface area is 84.9 Å². The summed E-state index contributed by atoms with van der Waals surface area (Å²) in [6.07, 6.45) is -4.27. The van der Waals surface area contributed by atoms with Gasteiger partial charge in [-0.05, 0) is 13.3 Å². The molecule has 0 aliphatic rings. The summed E-state index contributed by atoms with van der Waals surface area (Å²) in [6.45, 7) is 3.52. The molecule has 0 saturated heterocycles. The number of allylic oxidation sites excluding steroid dienone is 1. The molecule has 0 unspecified atom stereocenters. The molecule has 0 bridgehead atoms. The Balaban J connectivity index is 4.35. The molecule has 6 heteroatoms. The van der Waals surface area contributed by atoms with E-state index in [1.807, 2.05) is 0 Å². The highest BCUT2D eigenvalue weighted by Gasteiger charge is 2.58. The summed E-state index contributed by atoms with van der Waals surface area (Å²) in [5.74, 6) is -4.79. The van der Waals surface area contributed by atoms with Crippen LogP contribution in [0.5, 0.6) is 0 Å². The lowest BCUT2D eigenvalue weighted by Crippen LogP contribution is -2.37. The summed E-state index contributed by atoms with van der Waals surface area (Å²) in [7, 11) is 0. The molecule has 1 radical (unpaired) electrons. The van der Waals surface area contributed by atoms with Gasteiger partial charge in [0.2, 0.25) is 0 Å². The zero-order chi connectivity index (χ0) is 12.1. The number of rotatable bonds is 5. The van der Waals surface area contributed by atoms with Crippen molar-refractivity contribution >= 4 is 0 Å². The first-order valence-electron chi connectivity index (χ1n) is 4.28. The molecule has 0 N–H and O–H groups in total. The minimum atomic E-state index is -5.55. The Morgan fingerprint density at radius 1 is 1.20 bits per heavy atom. The lowest BCUT2D eigenvalue weighted by molar-refractivity contribution is -0.264. The van der Waals surface area contributed by atoms with E-state index in [2.05, 4.69) is 4.74 Å². The summed E-state index contributed by atoms with van der Waals surface area (Å²) in [5, 5.41) is 0. The third-order valence-corrected chi connectivity index (χ3v) is 1.62. The third kappa shape index (κ3) is 4.15. The number of halogens is 5. The quantitative estimate of drug-likeness (QED) is 0.398. The molecule has 0 atom stereocenters. The molecule has 0 saturated carbocycles. The van der Waals surface area contributed by atoms with Crippen LogP contribution in [0.2, 0.25) is 0 Å². The molecular formula is C9H12F5O. The molecule has 15 heavy (non-hydrogen) atoms. The van der Waals surface area contributed by atoms with Gasteiger partial charge in [-0.1, -0.05) is 13.0 Å². The van der Waals surface area contributed by atoms with Gasteiger partial charge in [-0.2, -0.15) is 22.0 Å². The van der Waals surface area contributed by atoms with Crippen LogP contribution in [-0.4, -0.2) is 18.7 Å². The van der Waals surface area contributed by atoms with Gasteiger partial charge in [-0.15, -0.1) is 0 Å². The van der Waals surface area contributed by atoms with Crippen molar-refractivity contribution in [3.63, 3.8) is 0 Å². The second kappa shape index (κ2) is 5.44. The second-order valence-corrected chi connectivity index (χ2v) is 2.87. The largest absolute Gasteiger partial charge is 0.457 e. The number of ether oxygens (including phenoxy) is 1. The number of alkyl halides is 5. The van der Waals surface area contributed by atoms with Gasteiger partial charge in [-0.25, -0.2) is 0 Å². The first-order chi connectivity index (χ1) is 6.73. The molecule has 0 aromatic heterocycles. The fraction of sp³-hybridized carbons (Fsp3) is 0.667. The number of hydrogen-bond acceptors (Lipinski definition) is 1. The standard InChI is InChI=1S/C9H12F5O/c1-3-5-15-6-4-7(2)8(10,11)9(12,13)14/h4-5H,3,6H2,1-2H3/b7-4+. The van der Waals surface area contributed by atoms with Crippen LogP contribution in [0.15, 0.2) is 11.6 Å². The SMILES string of the molecule is CC[CH]OC/C=C(\C)C(F)(F)C(F)(F)F. The average molecular weight is 231 g/mol. The van der Waals surface area contributed by atoms with Gasteiger partial charge in [0.05, 0.1) is 13.2 Å². The lowest BCUT2D eigenvalue weighted by Gasteiger charge is -2.20. The molecule has 0 fully saturated rings. The van der Waals surface area contributed by atoms with E-state index in [0.717, 1.165) is 13.0 Å². The monoisotopic (exact) mass is 231 g/mol. The van der Waals surface area contributed by atoms with Crippen LogP contribution in [0.25, 0.3) is 0 Å². The van der Waals surface area contributed by atoms with E-state index in [-0.39, 0.29) is 6.61 Å². The van der Waals surface area contributed by atoms with Gasteiger partial charge in [0.1, 0.15) is 0 Å². The van der Waals surface area contributed by atoms with Crippen LogP contribution >= 0.6 is 0 Å². The van der Waals surface area contributed by atoms with Crippen molar-refractivity contribution in [3.05, 3.63) is 18.3 Å². The molecule has 0 aliphatic heterocycles. The van der Waals surface area contributed by atoms with Crippen molar-refractivity contribution in [1.29, 1.82) is 0 Å². The molecule has 0 spiro atoms. The van der Waals surface area contributed by atoms with Gasteiger partial charge in [0, 0.05) is 5.57 Å². The summed E-state index contributed by atoms with van der Waals surface area (Å²) in [5.41, 5.74) is -1.06. The average Bonchev–Trinajstić information content (AvgIpc) is 2.10. The van der Waals surface area contributed by atoms with Crippen LogP contribution in [0.3, 0.4) is 0 Å². The van der Waals surface area contributed by atoms with Crippen molar-refractivity contribution in [2.24, 2.45) is 0 Å². The van der Waals surface area contributed by atoms with Gasteiger partial charge in [-0.3, -0.25) is 0 Å². The Bertz CT molecular complexity index is 219. The maximum atomic E-state index is 12.6. The predicted octanol–water partition coefficient (Wildman–Crippen LogP) is 3.72. The smallest absolute Gasteiger partial charge is 0.371 e. The van der Waals surface area contributed by atoms with Crippen molar-refractivity contribution in [2.75, 3.05) is 6.61 Å². The first kappa shape index (κ1) is 14.3. The van der Waals surface area contributed by atoms with Gasteiger partial charge >= 0.3 is 12.1 Å². The van der Waals surface area contributed by atoms with Crippen molar-refractivity contribution in [2.45, 2.75) is 32.4 Å². The molecule has 89 valence electrons. The molecule has 0 heterocycles. The van der Waals surface area contributed by atoms with E-state index in [1.165, 1.54) is 6.61 Å². The van der Waals surface area contributed by atoms with Crippen molar-refractivity contribution < 1.29 is 26.7 Å². The Hall–Kier alpha value is -0.650. The topological polar surface area (TPSA) is 9.23 Å². The maximum absolute atomic E-state index is 12.6. The Morgan fingerprint density at radius 3 is 2.13 bits per heavy atom. The summed E-state index contributed by atoms with van der Waals surface area (Å²) < 4.78 is 65.3. The highest BCUT2D eigenvalue weighted by atomic mass is 19.4. The third-order valence-electron chi connectivity index (χ3n) is 1.62. The predicted molar refractivity (Wildman–Crippen MR) is 45.3 cm³/mol. The lowest BCUT2D eigenvalue weighted by atomic mass is 10.1. The number of hydrogen-bond donors (Lipinski definition) is 0. The van der Waals surface area contributed by atoms with Gasteiger partial charge in [0.15, 0.2) is 0 Å². The van der Waals surface area contributed by atoms with E-state index < -0.39 is 17.7 Å². The van der Waals surface area contributed by atoms with E-state index in [4.69, 9.17) is 0 Å². The normalized spacial score (nSPS) is 14.5. The molecule has 0 rings (SSSR count). The minimum absolute atomic E-state index is 0.286. The van der Waals surface area contributed by atoms with Crippen LogP contribution in [0.4, 0.5) is 22.0 Å². The van der Waals surface area contributed by atoms with Gasteiger partial charge in [0.25, 0.3) is 0 Å². The fourth-order valence-corrected chi connectivity index (χ4v) is 0.711. The van der Waals surface area contributed by atoms with Crippen LogP contribution in [0, 0.1) is 6.61 Å². The molecule has 0 aromatic rings. The molecular weight excluding hydrogens is 219 g/mol. The molecule has 1 nitrogen and oxygen atoms in total. The molecule has 0 amide bonds. The second-order valence-electron chi connectivity index (χ2n) is 2.87. The fourth-order valence-electron chi connectivity index (χ4n) is 0.711. The zero-order valence-corrected chi connectivity index (χ0v) is 8.37. The minimum Gasteiger partial charge on any atom is -0.371 e. The Morgan fingerprint density at radius 2 is 1.73 bits per heavy atom. The van der Waals surface area contributed by atoms with Crippen LogP contribution in [-0.2, 0) is 4.74 Å². The van der Waals surface area contributed by atoms with Gasteiger partial charge < -0.3 is 4.74 Å². The summed E-state index contributed by atoms with van der Waals surface area (Å²) in [6, 6.07) is 0. The summed E-state index contributed by atoms with van der Waals surface area (Å²) >= 11 is 0. The zero-order valence-electron chi connectivity index (χ0n) is 8.37. The van der Waals surface area contributed by atoms with E-state index >= 15 is 0 Å². The van der Waals surface area contributed by atoms with E-state index in [9.17, 15) is 22.0 Å². The highest BCUT2D eigenvalue weighted by molar-refractivity contribution is 5.12. The molecule has 0 aromatic carbocycles. The molecule has 0 aliphatic carbocycles.